The Morgan fingerprint density at radius 2 is 1.90 bits per heavy atom. The van der Waals surface area contributed by atoms with Gasteiger partial charge in [0.2, 0.25) is 0 Å². The van der Waals surface area contributed by atoms with E-state index in [2.05, 4.69) is 0 Å². The summed E-state index contributed by atoms with van der Waals surface area (Å²) in [6.45, 7) is 1.29. The molecule has 0 atom stereocenters. The number of carbonyl (C=O) groups excluding carboxylic acids is 1. The zero-order valence-electron chi connectivity index (χ0n) is 11.0. The molecule has 1 heterocycles. The molecule has 20 heavy (non-hydrogen) atoms. The molecule has 0 radical (unpaired) electrons. The largest absolute Gasteiger partial charge is 0.478 e. The summed E-state index contributed by atoms with van der Waals surface area (Å²) in [6.07, 6.45) is 5.27. The van der Waals surface area contributed by atoms with Crippen molar-refractivity contribution in [2.75, 3.05) is 13.1 Å². The van der Waals surface area contributed by atoms with Crippen molar-refractivity contribution in [1.82, 2.24) is 4.90 Å². The van der Waals surface area contributed by atoms with Crippen molar-refractivity contribution in [3.8, 4) is 0 Å². The molecule has 1 fully saturated rings. The average Bonchev–Trinajstić information content (AvgIpc) is 2.46. The number of carboxylic acids is 1. The number of likely N-dealkylation sites (tertiary alicyclic amines) is 1. The molecule has 0 unspecified atom stereocenters. The first-order valence-corrected chi connectivity index (χ1v) is 6.58. The summed E-state index contributed by atoms with van der Waals surface area (Å²) < 4.78 is 13.8. The second-order valence-corrected chi connectivity index (χ2v) is 4.76. The van der Waals surface area contributed by atoms with Gasteiger partial charge in [-0.3, -0.25) is 4.79 Å². The normalized spacial score (nSPS) is 15.6. The molecule has 0 saturated carbocycles. The van der Waals surface area contributed by atoms with E-state index in [0.29, 0.717) is 18.7 Å². The lowest BCUT2D eigenvalue weighted by Gasteiger charge is -2.26. The van der Waals surface area contributed by atoms with Gasteiger partial charge in [-0.2, -0.15) is 0 Å². The first kappa shape index (κ1) is 14.2. The zero-order valence-corrected chi connectivity index (χ0v) is 11.0. The van der Waals surface area contributed by atoms with E-state index < -0.39 is 11.8 Å². The van der Waals surface area contributed by atoms with Gasteiger partial charge in [0.05, 0.1) is 5.56 Å². The lowest BCUT2D eigenvalue weighted by Crippen LogP contribution is -2.36. The van der Waals surface area contributed by atoms with Crippen LogP contribution in [0.4, 0.5) is 4.39 Å². The van der Waals surface area contributed by atoms with Crippen LogP contribution in [0.3, 0.4) is 0 Å². The minimum absolute atomic E-state index is 0.000520. The molecule has 106 valence electrons. The highest BCUT2D eigenvalue weighted by Crippen LogP contribution is 2.17. The van der Waals surface area contributed by atoms with Crippen LogP contribution in [0.15, 0.2) is 24.3 Å². The highest BCUT2D eigenvalue weighted by molar-refractivity contribution is 5.95. The van der Waals surface area contributed by atoms with Gasteiger partial charge in [-0.25, -0.2) is 9.18 Å². The molecule has 4 nitrogen and oxygen atoms in total. The van der Waals surface area contributed by atoms with Gasteiger partial charge in [-0.05, 0) is 43.0 Å². The van der Waals surface area contributed by atoms with E-state index in [0.717, 1.165) is 25.3 Å². The Balaban J connectivity index is 2.23. The van der Waals surface area contributed by atoms with Crippen molar-refractivity contribution in [2.24, 2.45) is 0 Å². The quantitative estimate of drug-likeness (QED) is 0.864. The van der Waals surface area contributed by atoms with Crippen LogP contribution in [0.2, 0.25) is 0 Å². The van der Waals surface area contributed by atoms with Gasteiger partial charge < -0.3 is 10.0 Å². The van der Waals surface area contributed by atoms with Crippen molar-refractivity contribution in [3.05, 3.63) is 41.2 Å². The monoisotopic (exact) mass is 277 g/mol. The molecule has 5 heteroatoms. The summed E-state index contributed by atoms with van der Waals surface area (Å²) >= 11 is 0. The number of piperidine rings is 1. The summed E-state index contributed by atoms with van der Waals surface area (Å²) in [5.41, 5.74) is 0.494. The second-order valence-electron chi connectivity index (χ2n) is 4.76. The number of halogens is 1. The van der Waals surface area contributed by atoms with Crippen LogP contribution < -0.4 is 0 Å². The number of hydrogen-bond donors (Lipinski definition) is 1. The summed E-state index contributed by atoms with van der Waals surface area (Å²) in [7, 11) is 0. The predicted octanol–water partition coefficient (Wildman–Crippen LogP) is 2.55. The fraction of sp³-hybridized carbons (Fsp3) is 0.333. The van der Waals surface area contributed by atoms with Gasteiger partial charge in [-0.15, -0.1) is 0 Å². The summed E-state index contributed by atoms with van der Waals surface area (Å²) in [5, 5.41) is 8.58. The predicted molar refractivity (Wildman–Crippen MR) is 72.8 cm³/mol. The molecule has 1 amide bonds. The maximum absolute atomic E-state index is 13.8. The molecule has 1 aliphatic rings. The highest BCUT2D eigenvalue weighted by Gasteiger charge is 2.21. The lowest BCUT2D eigenvalue weighted by molar-refractivity contribution is -0.131. The first-order valence-electron chi connectivity index (χ1n) is 6.58. The number of nitrogens with zero attached hydrogens (tertiary/aromatic N) is 1. The Bertz CT molecular complexity index is 548. The van der Waals surface area contributed by atoms with Crippen molar-refractivity contribution in [3.63, 3.8) is 0 Å². The highest BCUT2D eigenvalue weighted by atomic mass is 19.1. The Kier molecular flexibility index (Phi) is 4.50. The van der Waals surface area contributed by atoms with E-state index in [1.165, 1.54) is 24.3 Å². The van der Waals surface area contributed by atoms with Gasteiger partial charge in [0.15, 0.2) is 0 Å². The van der Waals surface area contributed by atoms with Crippen molar-refractivity contribution in [2.45, 2.75) is 19.3 Å². The van der Waals surface area contributed by atoms with E-state index >= 15 is 0 Å². The van der Waals surface area contributed by atoms with Crippen molar-refractivity contribution in [1.29, 1.82) is 0 Å². The number of rotatable bonds is 3. The number of carboxylic acid groups (broad SMARTS) is 1. The van der Waals surface area contributed by atoms with E-state index in [-0.39, 0.29) is 11.5 Å². The van der Waals surface area contributed by atoms with Crippen LogP contribution in [0.1, 0.15) is 35.2 Å². The molecule has 0 spiro atoms. The molecule has 1 N–H and O–H groups in total. The molecule has 0 aromatic heterocycles. The van der Waals surface area contributed by atoms with Crippen LogP contribution in [0.25, 0.3) is 6.08 Å². The minimum Gasteiger partial charge on any atom is -0.478 e. The van der Waals surface area contributed by atoms with Gasteiger partial charge in [0.25, 0.3) is 5.91 Å². The van der Waals surface area contributed by atoms with E-state index in [1.54, 1.807) is 4.90 Å². The topological polar surface area (TPSA) is 57.6 Å². The molecule has 1 saturated heterocycles. The van der Waals surface area contributed by atoms with E-state index in [1.807, 2.05) is 0 Å². The smallest absolute Gasteiger partial charge is 0.328 e. The van der Waals surface area contributed by atoms with Gasteiger partial charge in [-0.1, -0.05) is 6.07 Å². The maximum Gasteiger partial charge on any atom is 0.328 e. The average molecular weight is 277 g/mol. The number of aliphatic carboxylic acids is 1. The molecule has 0 aliphatic carbocycles. The Labute approximate surface area is 116 Å². The van der Waals surface area contributed by atoms with E-state index in [9.17, 15) is 14.0 Å². The number of hydrogen-bond acceptors (Lipinski definition) is 2. The Morgan fingerprint density at radius 3 is 2.55 bits per heavy atom. The third kappa shape index (κ3) is 3.44. The zero-order chi connectivity index (χ0) is 14.5. The molecular formula is C15H16FNO3. The van der Waals surface area contributed by atoms with Crippen LogP contribution >= 0.6 is 0 Å². The molecule has 2 rings (SSSR count). The molecule has 1 aromatic carbocycles. The number of amides is 1. The maximum atomic E-state index is 13.8. The summed E-state index contributed by atoms with van der Waals surface area (Å²) in [6, 6.07) is 4.03. The number of benzene rings is 1. The van der Waals surface area contributed by atoms with Crippen LogP contribution in [0.5, 0.6) is 0 Å². The summed E-state index contributed by atoms with van der Waals surface area (Å²) in [4.78, 5) is 24.4. The molecule has 1 aromatic rings. The second kappa shape index (κ2) is 6.32. The SMILES string of the molecule is O=C(O)C=Cc1ccc(F)c(C(=O)N2CCCCC2)c1. The van der Waals surface area contributed by atoms with Crippen molar-refractivity contribution >= 4 is 18.0 Å². The van der Waals surface area contributed by atoms with Gasteiger partial charge in [0, 0.05) is 19.2 Å². The number of carbonyl (C=O) groups is 2. The van der Waals surface area contributed by atoms with Crippen LogP contribution in [-0.2, 0) is 4.79 Å². The van der Waals surface area contributed by atoms with Gasteiger partial charge in [0.1, 0.15) is 5.82 Å². The fourth-order valence-electron chi connectivity index (χ4n) is 2.25. The molecular weight excluding hydrogens is 261 g/mol. The fourth-order valence-corrected chi connectivity index (χ4v) is 2.25. The van der Waals surface area contributed by atoms with Crippen LogP contribution in [0, 0.1) is 5.82 Å². The Morgan fingerprint density at radius 1 is 1.20 bits per heavy atom. The van der Waals surface area contributed by atoms with E-state index in [4.69, 9.17) is 5.11 Å². The summed E-state index contributed by atoms with van der Waals surface area (Å²) in [5.74, 6) is -1.99. The first-order chi connectivity index (χ1) is 9.58. The minimum atomic E-state index is -1.08. The standard InChI is InChI=1S/C15H16FNO3/c16-13-6-4-11(5-7-14(18)19)10-12(13)15(20)17-8-2-1-3-9-17/h4-7,10H,1-3,8-9H2,(H,18,19). The van der Waals surface area contributed by atoms with Crippen LogP contribution in [-0.4, -0.2) is 35.0 Å². The molecule has 0 bridgehead atoms. The third-order valence-electron chi connectivity index (χ3n) is 3.28. The Hall–Kier alpha value is -2.17. The van der Waals surface area contributed by atoms with Crippen molar-refractivity contribution < 1.29 is 19.1 Å². The van der Waals surface area contributed by atoms with Gasteiger partial charge >= 0.3 is 5.97 Å². The molecule has 1 aliphatic heterocycles. The lowest BCUT2D eigenvalue weighted by atomic mass is 10.1. The third-order valence-corrected chi connectivity index (χ3v) is 3.28.